The molecule has 0 spiro atoms. The molecule has 5 amide bonds. The minimum atomic E-state index is -1.61. The Morgan fingerprint density at radius 1 is 1.06 bits per heavy atom. The maximum Gasteiger partial charge on any atom is 0.409 e. The van der Waals surface area contributed by atoms with Gasteiger partial charge in [-0.3, -0.25) is 34.2 Å². The van der Waals surface area contributed by atoms with Gasteiger partial charge in [0.15, 0.2) is 0 Å². The number of rotatable bonds is 11. The number of aryl methyl sites for hydroxylation is 1. The number of amides is 5. The van der Waals surface area contributed by atoms with Gasteiger partial charge in [0.1, 0.15) is 23.5 Å². The van der Waals surface area contributed by atoms with Crippen molar-refractivity contribution in [2.75, 3.05) is 44.5 Å². The number of allylic oxidation sites excluding steroid dienone is 3. The van der Waals surface area contributed by atoms with E-state index in [4.69, 9.17) is 30.5 Å². The number of nitrogens with zero attached hydrogens (tertiary/aromatic N) is 2. The molecule has 4 heterocycles. The summed E-state index contributed by atoms with van der Waals surface area (Å²) in [6.45, 7) is 9.91. The third-order valence-corrected chi connectivity index (χ3v) is 15.1. The minimum absolute atomic E-state index is 0.0187. The van der Waals surface area contributed by atoms with Gasteiger partial charge in [-0.2, -0.15) is 0 Å². The van der Waals surface area contributed by atoms with Crippen molar-refractivity contribution in [1.82, 2.24) is 15.5 Å². The second kappa shape index (κ2) is 20.5. The Balaban J connectivity index is 1.07. The van der Waals surface area contributed by atoms with Gasteiger partial charge in [-0.05, 0) is 76.0 Å². The van der Waals surface area contributed by atoms with Gasteiger partial charge in [-0.1, -0.05) is 55.3 Å². The number of esters is 1. The van der Waals surface area contributed by atoms with Crippen molar-refractivity contribution < 1.29 is 52.8 Å². The number of likely N-dealkylation sites (tertiary alicyclic amines) is 1. The molecular formula is C46H63ClN4O11S. The van der Waals surface area contributed by atoms with Crippen molar-refractivity contribution in [3.05, 3.63) is 52.1 Å². The fourth-order valence-electron chi connectivity index (χ4n) is 9.32. The second-order valence-electron chi connectivity index (χ2n) is 18.1. The first kappa shape index (κ1) is 48.5. The monoisotopic (exact) mass is 914 g/mol. The van der Waals surface area contributed by atoms with E-state index in [1.165, 1.54) is 21.6 Å². The first-order valence-electron chi connectivity index (χ1n) is 22.1. The number of hydrogen-bond donors (Lipinski definition) is 3. The lowest BCUT2D eigenvalue weighted by atomic mass is 9.81. The Labute approximate surface area is 379 Å². The number of epoxide rings is 1. The van der Waals surface area contributed by atoms with E-state index in [0.717, 1.165) is 42.4 Å². The number of alkyl carbamates (subject to hydrolysis) is 1. The quantitative estimate of drug-likeness (QED) is 0.111. The smallest absolute Gasteiger partial charge is 0.409 e. The van der Waals surface area contributed by atoms with Crippen LogP contribution in [0.5, 0.6) is 0 Å². The highest BCUT2D eigenvalue weighted by molar-refractivity contribution is 8.00. The van der Waals surface area contributed by atoms with Crippen LogP contribution >= 0.6 is 23.4 Å². The molecule has 4 fully saturated rings. The number of hydrogen-bond acceptors (Lipinski definition) is 12. The van der Waals surface area contributed by atoms with E-state index in [0.29, 0.717) is 29.4 Å². The molecule has 1 saturated carbocycles. The molecule has 15 nitrogen and oxygen atoms in total. The minimum Gasteiger partial charge on any atom is -0.459 e. The Morgan fingerprint density at radius 2 is 1.79 bits per heavy atom. The van der Waals surface area contributed by atoms with Gasteiger partial charge >= 0.3 is 12.1 Å². The molecule has 2 unspecified atom stereocenters. The van der Waals surface area contributed by atoms with Crippen molar-refractivity contribution in [2.24, 2.45) is 23.7 Å². The Morgan fingerprint density at radius 3 is 2.51 bits per heavy atom. The Bertz CT molecular complexity index is 1990. The van der Waals surface area contributed by atoms with Crippen molar-refractivity contribution in [1.29, 1.82) is 0 Å². The van der Waals surface area contributed by atoms with Crippen molar-refractivity contribution in [3.8, 4) is 0 Å². The summed E-state index contributed by atoms with van der Waals surface area (Å²) in [5.41, 5.74) is 0.519. The van der Waals surface area contributed by atoms with Gasteiger partial charge in [0.25, 0.3) is 0 Å². The highest BCUT2D eigenvalue weighted by atomic mass is 35.5. The third-order valence-electron chi connectivity index (χ3n) is 13.5. The molecule has 1 aromatic carbocycles. The number of halogens is 1. The number of carbonyl (C=O) groups is 6. The van der Waals surface area contributed by atoms with Gasteiger partial charge in [0.05, 0.1) is 48.1 Å². The summed E-state index contributed by atoms with van der Waals surface area (Å²) in [4.78, 5) is 81.2. The van der Waals surface area contributed by atoms with E-state index < -0.39 is 58.8 Å². The molecule has 3 N–H and O–H groups in total. The summed E-state index contributed by atoms with van der Waals surface area (Å²) in [6, 6.07) is 3.85. The number of anilines is 1. The highest BCUT2D eigenvalue weighted by Crippen LogP contribution is 2.49. The first-order chi connectivity index (χ1) is 29.8. The van der Waals surface area contributed by atoms with Crippen molar-refractivity contribution in [3.63, 3.8) is 0 Å². The molecule has 346 valence electrons. The van der Waals surface area contributed by atoms with Crippen LogP contribution in [-0.2, 0) is 49.3 Å². The fourth-order valence-corrected chi connectivity index (χ4v) is 10.6. The van der Waals surface area contributed by atoms with Gasteiger partial charge in [-0.15, -0.1) is 11.8 Å². The van der Waals surface area contributed by atoms with Crippen molar-refractivity contribution in [2.45, 2.75) is 127 Å². The highest BCUT2D eigenvalue weighted by Gasteiger charge is 2.64. The molecule has 1 aromatic rings. The van der Waals surface area contributed by atoms with Gasteiger partial charge in [0.2, 0.25) is 23.6 Å². The van der Waals surface area contributed by atoms with Gasteiger partial charge < -0.3 is 34.3 Å². The average Bonchev–Trinajstić information content (AvgIpc) is 3.87. The molecular weight excluding hydrogens is 852 g/mol. The number of aliphatic hydroxyl groups is 1. The molecule has 63 heavy (non-hydrogen) atoms. The Hall–Kier alpha value is -3.96. The second-order valence-corrected chi connectivity index (χ2v) is 19.8. The van der Waals surface area contributed by atoms with E-state index in [1.807, 2.05) is 58.1 Å². The van der Waals surface area contributed by atoms with E-state index in [1.54, 1.807) is 21.0 Å². The maximum atomic E-state index is 14.1. The molecule has 4 aliphatic heterocycles. The molecule has 0 aromatic heterocycles. The summed E-state index contributed by atoms with van der Waals surface area (Å²) < 4.78 is 23.8. The fraction of sp³-hybridized carbons (Fsp3) is 0.652. The molecule has 4 bridgehead atoms. The number of imide groups is 1. The standard InChI is InChI=1S/C46H63ClN4O11S/c1-26-9-8-10-28(3)46(58)24-34(60-44(57)49-46)29(4)41-45(5,62-41)36(23-37(52)50(7)33-21-31(19-26)20-27(2)40(33)47)61-39(54)15-16-59-17-18-63-35-22-38(53)51(43(35)56)25-30-11-13-32(14-12-30)42(55)48-6/h8-10,20-21,28-30,32,34-36,41,58H,11-19,22-25H2,1-7H3,(H,48,55)(H,49,57)/b10-8+,26-9+/t28-,29-,30-,32-,34?,35?,36+,41+,45+,46+/m1/s1. The van der Waals surface area contributed by atoms with Gasteiger partial charge in [-0.25, -0.2) is 4.79 Å². The average molecular weight is 916 g/mol. The number of ether oxygens (including phenoxy) is 4. The van der Waals surface area contributed by atoms with Crippen LogP contribution in [0.2, 0.25) is 5.02 Å². The summed E-state index contributed by atoms with van der Waals surface area (Å²) in [5, 5.41) is 16.9. The predicted molar refractivity (Wildman–Crippen MR) is 238 cm³/mol. The van der Waals surface area contributed by atoms with Crippen LogP contribution < -0.4 is 15.5 Å². The van der Waals surface area contributed by atoms with Crippen LogP contribution in [0.4, 0.5) is 10.5 Å². The van der Waals surface area contributed by atoms with E-state index in [2.05, 4.69) is 10.6 Å². The molecule has 0 radical (unpaired) electrons. The van der Waals surface area contributed by atoms with E-state index in [9.17, 15) is 33.9 Å². The number of fused-ring (bicyclic) bond motifs is 5. The van der Waals surface area contributed by atoms with Crippen LogP contribution in [0.25, 0.3) is 0 Å². The number of nitrogens with one attached hydrogen (secondary N) is 2. The van der Waals surface area contributed by atoms with E-state index in [-0.39, 0.29) is 74.4 Å². The zero-order valence-electron chi connectivity index (χ0n) is 37.4. The predicted octanol–water partition coefficient (Wildman–Crippen LogP) is 5.41. The topological polar surface area (TPSA) is 193 Å². The van der Waals surface area contributed by atoms with Crippen LogP contribution in [0.1, 0.15) is 90.2 Å². The lowest BCUT2D eigenvalue weighted by molar-refractivity contribution is -0.155. The molecule has 5 aliphatic rings. The van der Waals surface area contributed by atoms with E-state index >= 15 is 0 Å². The molecule has 8 atom stereocenters. The number of carbonyl (C=O) groups excluding carboxylic acids is 6. The Kier molecular flexibility index (Phi) is 15.8. The van der Waals surface area contributed by atoms with Crippen molar-refractivity contribution >= 4 is 64.7 Å². The maximum absolute atomic E-state index is 14.1. The molecule has 17 heteroatoms. The largest absolute Gasteiger partial charge is 0.459 e. The third kappa shape index (κ3) is 11.5. The summed E-state index contributed by atoms with van der Waals surface area (Å²) in [6.07, 6.45) is 5.97. The first-order valence-corrected chi connectivity index (χ1v) is 23.5. The summed E-state index contributed by atoms with van der Waals surface area (Å²) in [7, 11) is 3.27. The van der Waals surface area contributed by atoms with Crippen LogP contribution in [0, 0.1) is 30.6 Å². The molecule has 1 aliphatic carbocycles. The van der Waals surface area contributed by atoms with Crippen LogP contribution in [-0.4, -0.2) is 120 Å². The number of benzene rings is 1. The molecule has 6 rings (SSSR count). The van der Waals surface area contributed by atoms with Crippen LogP contribution in [0.15, 0.2) is 35.9 Å². The normalized spacial score (nSPS) is 34.0. The summed E-state index contributed by atoms with van der Waals surface area (Å²) in [5.74, 6) is -1.64. The van der Waals surface area contributed by atoms with Crippen LogP contribution in [0.3, 0.4) is 0 Å². The summed E-state index contributed by atoms with van der Waals surface area (Å²) >= 11 is 8.14. The molecule has 3 saturated heterocycles. The van der Waals surface area contributed by atoms with Gasteiger partial charge in [0, 0.05) is 57.0 Å². The number of thioether (sulfide) groups is 1. The zero-order chi connectivity index (χ0) is 45.8. The lowest BCUT2D eigenvalue weighted by Crippen LogP contribution is -2.60. The lowest BCUT2D eigenvalue weighted by Gasteiger charge is -2.41. The SMILES string of the molecule is CNC(=O)[C@H]1CC[C@H](CN2C(=O)CC(SCCOCCC(=O)O[C@H]3CC(=O)N(C)c4cc(cc(C)c4Cl)C/C(C)=C/C=C/[C@@H](C)[C@@]4(O)CC(OC(=O)N4)[C@@H](C)[C@@H]4O[C@@]34C)C2=O)CC1. The zero-order valence-corrected chi connectivity index (χ0v) is 39.0.